The van der Waals surface area contributed by atoms with Crippen molar-refractivity contribution in [2.45, 2.75) is 13.8 Å². The highest BCUT2D eigenvalue weighted by Gasteiger charge is 2.10. The molecule has 0 aliphatic carbocycles. The summed E-state index contributed by atoms with van der Waals surface area (Å²) in [4.78, 5) is 3.28. The van der Waals surface area contributed by atoms with E-state index in [0.29, 0.717) is 5.69 Å². The number of aryl methyl sites for hydroxylation is 2. The summed E-state index contributed by atoms with van der Waals surface area (Å²) in [5.74, 6) is 0.735. The van der Waals surface area contributed by atoms with Crippen LogP contribution < -0.4 is 10.5 Å². The van der Waals surface area contributed by atoms with Gasteiger partial charge in [0.05, 0.1) is 18.3 Å². The van der Waals surface area contributed by atoms with E-state index in [1.807, 2.05) is 19.1 Å². The number of aromatic nitrogens is 1. The van der Waals surface area contributed by atoms with Gasteiger partial charge in [-0.05, 0) is 25.5 Å². The zero-order valence-electron chi connectivity index (χ0n) is 8.64. The molecule has 2 rings (SSSR count). The molecule has 0 saturated carbocycles. The summed E-state index contributed by atoms with van der Waals surface area (Å²) in [7, 11) is 1.64. The first kappa shape index (κ1) is 8.94. The minimum Gasteiger partial charge on any atom is -0.492 e. The molecule has 1 aromatic heterocycles. The van der Waals surface area contributed by atoms with Crippen molar-refractivity contribution < 1.29 is 4.74 Å². The zero-order chi connectivity index (χ0) is 10.3. The third-order valence-electron chi connectivity index (χ3n) is 2.67. The Morgan fingerprint density at radius 1 is 1.29 bits per heavy atom. The Kier molecular flexibility index (Phi) is 1.88. The molecule has 0 atom stereocenters. The van der Waals surface area contributed by atoms with Crippen molar-refractivity contribution in [3.05, 3.63) is 23.4 Å². The molecule has 0 unspecified atom stereocenters. The SMILES string of the molecule is COc1c(N)ccc2c(C)c(C)[nH]c12. The van der Waals surface area contributed by atoms with Gasteiger partial charge in [0.25, 0.3) is 0 Å². The maximum atomic E-state index is 5.81. The molecule has 3 heteroatoms. The molecule has 74 valence electrons. The Hall–Kier alpha value is -1.64. The van der Waals surface area contributed by atoms with E-state index in [1.54, 1.807) is 7.11 Å². The van der Waals surface area contributed by atoms with Gasteiger partial charge in [-0.3, -0.25) is 0 Å². The van der Waals surface area contributed by atoms with E-state index in [1.165, 1.54) is 10.9 Å². The second kappa shape index (κ2) is 2.94. The molecular weight excluding hydrogens is 176 g/mol. The molecule has 0 bridgehead atoms. The Bertz CT molecular complexity index is 485. The van der Waals surface area contributed by atoms with E-state index in [0.717, 1.165) is 17.0 Å². The number of fused-ring (bicyclic) bond motifs is 1. The number of nitrogen functional groups attached to an aromatic ring is 1. The summed E-state index contributed by atoms with van der Waals surface area (Å²) in [6.45, 7) is 4.13. The molecule has 0 fully saturated rings. The smallest absolute Gasteiger partial charge is 0.165 e. The van der Waals surface area contributed by atoms with Crippen LogP contribution in [0, 0.1) is 13.8 Å². The topological polar surface area (TPSA) is 51.0 Å². The number of methoxy groups -OCH3 is 1. The first-order chi connectivity index (χ1) is 6.65. The van der Waals surface area contributed by atoms with Crippen LogP contribution in [0.25, 0.3) is 10.9 Å². The first-order valence-corrected chi connectivity index (χ1v) is 4.56. The van der Waals surface area contributed by atoms with E-state index in [2.05, 4.69) is 11.9 Å². The van der Waals surface area contributed by atoms with Crippen molar-refractivity contribution in [3.63, 3.8) is 0 Å². The van der Waals surface area contributed by atoms with Gasteiger partial charge in [0.2, 0.25) is 0 Å². The minimum atomic E-state index is 0.668. The highest BCUT2D eigenvalue weighted by molar-refractivity contribution is 5.93. The fourth-order valence-corrected chi connectivity index (χ4v) is 1.74. The molecule has 0 radical (unpaired) electrons. The van der Waals surface area contributed by atoms with Gasteiger partial charge in [-0.25, -0.2) is 0 Å². The normalized spacial score (nSPS) is 10.8. The highest BCUT2D eigenvalue weighted by atomic mass is 16.5. The summed E-state index contributed by atoms with van der Waals surface area (Å²) < 4.78 is 5.27. The zero-order valence-corrected chi connectivity index (χ0v) is 8.64. The maximum absolute atomic E-state index is 5.81. The molecule has 3 N–H and O–H groups in total. The number of H-pyrrole nitrogens is 1. The van der Waals surface area contributed by atoms with Crippen LogP contribution in [0.1, 0.15) is 11.3 Å². The molecule has 0 spiro atoms. The van der Waals surface area contributed by atoms with Crippen LogP contribution in [0.4, 0.5) is 5.69 Å². The van der Waals surface area contributed by atoms with Crippen molar-refractivity contribution in [2.75, 3.05) is 12.8 Å². The molecule has 14 heavy (non-hydrogen) atoms. The van der Waals surface area contributed by atoms with Crippen LogP contribution in [-0.4, -0.2) is 12.1 Å². The van der Waals surface area contributed by atoms with Gasteiger partial charge < -0.3 is 15.5 Å². The van der Waals surface area contributed by atoms with Crippen LogP contribution in [0.15, 0.2) is 12.1 Å². The summed E-state index contributed by atoms with van der Waals surface area (Å²) in [6, 6.07) is 3.90. The lowest BCUT2D eigenvalue weighted by Crippen LogP contribution is -1.92. The summed E-state index contributed by atoms with van der Waals surface area (Å²) in [6.07, 6.45) is 0. The number of nitrogens with one attached hydrogen (secondary N) is 1. The van der Waals surface area contributed by atoms with Gasteiger partial charge in [0.15, 0.2) is 5.75 Å². The lowest BCUT2D eigenvalue weighted by molar-refractivity contribution is 0.421. The van der Waals surface area contributed by atoms with Crippen LogP contribution in [-0.2, 0) is 0 Å². The predicted octanol–water partition coefficient (Wildman–Crippen LogP) is 2.38. The molecule has 3 nitrogen and oxygen atoms in total. The molecule has 0 amide bonds. The second-order valence-electron chi connectivity index (χ2n) is 3.49. The number of aromatic amines is 1. The minimum absolute atomic E-state index is 0.668. The number of nitrogens with two attached hydrogens (primary N) is 1. The summed E-state index contributed by atoms with van der Waals surface area (Å²) >= 11 is 0. The fraction of sp³-hybridized carbons (Fsp3) is 0.273. The lowest BCUT2D eigenvalue weighted by Gasteiger charge is -2.05. The van der Waals surface area contributed by atoms with Crippen molar-refractivity contribution >= 4 is 16.6 Å². The van der Waals surface area contributed by atoms with E-state index in [4.69, 9.17) is 10.5 Å². The quantitative estimate of drug-likeness (QED) is 0.678. The molecule has 1 aromatic carbocycles. The largest absolute Gasteiger partial charge is 0.492 e. The average Bonchev–Trinajstić information content (AvgIpc) is 2.43. The Morgan fingerprint density at radius 3 is 2.64 bits per heavy atom. The van der Waals surface area contributed by atoms with E-state index in [9.17, 15) is 0 Å². The molecule has 2 aromatic rings. The third kappa shape index (κ3) is 1.05. The van der Waals surface area contributed by atoms with Crippen LogP contribution in [0.3, 0.4) is 0 Å². The molecule has 0 aliphatic rings. The van der Waals surface area contributed by atoms with E-state index < -0.39 is 0 Å². The van der Waals surface area contributed by atoms with Gasteiger partial charge in [0.1, 0.15) is 0 Å². The van der Waals surface area contributed by atoms with E-state index in [-0.39, 0.29) is 0 Å². The van der Waals surface area contributed by atoms with Crippen LogP contribution >= 0.6 is 0 Å². The standard InChI is InChI=1S/C11H14N2O/c1-6-7(2)13-10-8(6)4-5-9(12)11(10)14-3/h4-5,13H,12H2,1-3H3. The molecule has 1 heterocycles. The number of hydrogen-bond acceptors (Lipinski definition) is 2. The van der Waals surface area contributed by atoms with Crippen molar-refractivity contribution in [3.8, 4) is 5.75 Å². The molecule has 0 saturated heterocycles. The van der Waals surface area contributed by atoms with Gasteiger partial charge in [0, 0.05) is 11.1 Å². The predicted molar refractivity (Wildman–Crippen MR) is 58.7 cm³/mol. The van der Waals surface area contributed by atoms with Crippen molar-refractivity contribution in [2.24, 2.45) is 0 Å². The molecular formula is C11H14N2O. The van der Waals surface area contributed by atoms with E-state index >= 15 is 0 Å². The van der Waals surface area contributed by atoms with Crippen LogP contribution in [0.2, 0.25) is 0 Å². The van der Waals surface area contributed by atoms with Gasteiger partial charge >= 0.3 is 0 Å². The fourth-order valence-electron chi connectivity index (χ4n) is 1.74. The van der Waals surface area contributed by atoms with Gasteiger partial charge in [-0.15, -0.1) is 0 Å². The van der Waals surface area contributed by atoms with Crippen molar-refractivity contribution in [1.29, 1.82) is 0 Å². The Morgan fingerprint density at radius 2 is 2.00 bits per heavy atom. The number of rotatable bonds is 1. The summed E-state index contributed by atoms with van der Waals surface area (Å²) in [5, 5.41) is 1.17. The monoisotopic (exact) mass is 190 g/mol. The van der Waals surface area contributed by atoms with Crippen molar-refractivity contribution in [1.82, 2.24) is 4.98 Å². The number of ether oxygens (including phenoxy) is 1. The second-order valence-corrected chi connectivity index (χ2v) is 3.49. The summed E-state index contributed by atoms with van der Waals surface area (Å²) in [5.41, 5.74) is 9.87. The third-order valence-corrected chi connectivity index (χ3v) is 2.67. The van der Waals surface area contributed by atoms with Gasteiger partial charge in [-0.2, -0.15) is 0 Å². The maximum Gasteiger partial charge on any atom is 0.165 e. The number of benzene rings is 1. The molecule has 0 aliphatic heterocycles. The number of hydrogen-bond donors (Lipinski definition) is 2. The Labute approximate surface area is 82.9 Å². The highest BCUT2D eigenvalue weighted by Crippen LogP contribution is 2.33. The van der Waals surface area contributed by atoms with Gasteiger partial charge in [-0.1, -0.05) is 6.07 Å². The average molecular weight is 190 g/mol. The number of anilines is 1. The Balaban J connectivity index is 2.88. The van der Waals surface area contributed by atoms with Crippen LogP contribution in [0.5, 0.6) is 5.75 Å². The lowest BCUT2D eigenvalue weighted by atomic mass is 10.1. The first-order valence-electron chi connectivity index (χ1n) is 4.56.